The maximum absolute atomic E-state index is 14.3. The van der Waals surface area contributed by atoms with Crippen molar-refractivity contribution in [2.24, 2.45) is 0 Å². The Labute approximate surface area is 148 Å². The van der Waals surface area contributed by atoms with Crippen LogP contribution in [0.15, 0.2) is 24.4 Å². The number of carbonyl (C=O) groups excluding carboxylic acids is 1. The fourth-order valence-electron chi connectivity index (χ4n) is 2.96. The first-order valence-electron chi connectivity index (χ1n) is 8.65. The Bertz CT molecular complexity index is 735. The normalized spacial score (nSPS) is 11.4. The van der Waals surface area contributed by atoms with Crippen LogP contribution in [0.1, 0.15) is 54.3 Å². The number of benzene rings is 1. The Morgan fingerprint density at radius 2 is 2.00 bits per heavy atom. The van der Waals surface area contributed by atoms with Gasteiger partial charge >= 0.3 is 0 Å². The number of hydrogen-bond acceptors (Lipinski definition) is 3. The molecule has 0 unspecified atom stereocenters. The zero-order valence-electron chi connectivity index (χ0n) is 15.6. The summed E-state index contributed by atoms with van der Waals surface area (Å²) in [6, 6.07) is 5.14. The molecule has 2 aromatic rings. The van der Waals surface area contributed by atoms with Crippen LogP contribution in [0.4, 0.5) is 10.1 Å². The molecule has 0 spiro atoms. The second-order valence-corrected chi connectivity index (χ2v) is 6.56. The number of rotatable bonds is 7. The lowest BCUT2D eigenvalue weighted by atomic mass is 10.1. The molecule has 2 rings (SSSR count). The van der Waals surface area contributed by atoms with E-state index in [1.54, 1.807) is 12.3 Å². The lowest BCUT2D eigenvalue weighted by molar-refractivity contribution is 0.102. The summed E-state index contributed by atoms with van der Waals surface area (Å²) in [6.07, 6.45) is 3.45. The van der Waals surface area contributed by atoms with E-state index in [2.05, 4.69) is 24.3 Å². The van der Waals surface area contributed by atoms with Gasteiger partial charge < -0.3 is 10.2 Å². The summed E-state index contributed by atoms with van der Waals surface area (Å²) in [5.74, 6) is -0.772. The Morgan fingerprint density at radius 3 is 2.56 bits per heavy atom. The molecular formula is C19H27FN4O. The minimum Gasteiger partial charge on any atom is -0.319 e. The average molecular weight is 346 g/mol. The average Bonchev–Trinajstić information content (AvgIpc) is 2.93. The number of amides is 1. The number of hydrogen-bond donors (Lipinski definition) is 1. The van der Waals surface area contributed by atoms with Crippen LogP contribution in [0.5, 0.6) is 0 Å². The highest BCUT2D eigenvalue weighted by Crippen LogP contribution is 2.21. The Kier molecular flexibility index (Phi) is 6.31. The van der Waals surface area contributed by atoms with Gasteiger partial charge in [0.25, 0.3) is 5.91 Å². The fourth-order valence-corrected chi connectivity index (χ4v) is 2.96. The van der Waals surface area contributed by atoms with Crippen LogP contribution in [0, 0.1) is 12.7 Å². The lowest BCUT2D eigenvalue weighted by Gasteiger charge is -2.15. The molecule has 0 saturated carbocycles. The Hall–Kier alpha value is -2.21. The predicted octanol–water partition coefficient (Wildman–Crippen LogP) is 4.01. The first-order valence-corrected chi connectivity index (χ1v) is 8.65. The summed E-state index contributed by atoms with van der Waals surface area (Å²) in [5.41, 5.74) is 2.32. The van der Waals surface area contributed by atoms with Gasteiger partial charge in [0.15, 0.2) is 0 Å². The van der Waals surface area contributed by atoms with Crippen molar-refractivity contribution in [3.63, 3.8) is 0 Å². The van der Waals surface area contributed by atoms with E-state index in [0.717, 1.165) is 24.1 Å². The molecule has 1 heterocycles. The second-order valence-electron chi connectivity index (χ2n) is 6.56. The third-order valence-corrected chi connectivity index (χ3v) is 4.36. The number of carbonyl (C=O) groups is 1. The van der Waals surface area contributed by atoms with E-state index in [1.807, 2.05) is 36.7 Å². The Morgan fingerprint density at radius 1 is 1.32 bits per heavy atom. The molecule has 1 aromatic heterocycles. The van der Waals surface area contributed by atoms with Crippen LogP contribution in [0.2, 0.25) is 0 Å². The van der Waals surface area contributed by atoms with E-state index < -0.39 is 5.82 Å². The van der Waals surface area contributed by atoms with Crippen LogP contribution in [0.25, 0.3) is 0 Å². The monoisotopic (exact) mass is 346 g/mol. The molecule has 1 amide bonds. The molecular weight excluding hydrogens is 319 g/mol. The minimum absolute atomic E-state index is 0.183. The van der Waals surface area contributed by atoms with Crippen LogP contribution >= 0.6 is 0 Å². The third-order valence-electron chi connectivity index (χ3n) is 4.36. The molecule has 25 heavy (non-hydrogen) atoms. The number of halogens is 1. The summed E-state index contributed by atoms with van der Waals surface area (Å²) >= 11 is 0. The second kappa shape index (κ2) is 8.25. The number of aromatic nitrogens is 2. The number of anilines is 1. The Balaban J connectivity index is 2.17. The van der Waals surface area contributed by atoms with Crippen molar-refractivity contribution in [1.29, 1.82) is 0 Å². The smallest absolute Gasteiger partial charge is 0.259 e. The molecule has 0 aliphatic rings. The van der Waals surface area contributed by atoms with Crippen molar-refractivity contribution in [1.82, 2.24) is 14.7 Å². The summed E-state index contributed by atoms with van der Waals surface area (Å²) in [4.78, 5) is 14.5. The quantitative estimate of drug-likeness (QED) is 0.824. The lowest BCUT2D eigenvalue weighted by Crippen LogP contribution is -2.16. The molecule has 0 bridgehead atoms. The molecule has 1 N–H and O–H groups in total. The van der Waals surface area contributed by atoms with E-state index in [0.29, 0.717) is 12.1 Å². The van der Waals surface area contributed by atoms with E-state index in [-0.39, 0.29) is 17.6 Å². The van der Waals surface area contributed by atoms with Crippen molar-refractivity contribution >= 4 is 11.6 Å². The van der Waals surface area contributed by atoms with Crippen LogP contribution in [-0.4, -0.2) is 34.7 Å². The van der Waals surface area contributed by atoms with Gasteiger partial charge in [-0.3, -0.25) is 9.48 Å². The molecule has 0 radical (unpaired) electrons. The SMILES string of the molecule is CCC(CC)n1ncc(C(=O)Nc2ccc(CN(C)C)cc2F)c1C. The topological polar surface area (TPSA) is 50.2 Å². The summed E-state index contributed by atoms with van der Waals surface area (Å²) in [5, 5.41) is 7.00. The summed E-state index contributed by atoms with van der Waals surface area (Å²) in [6.45, 7) is 6.71. The first-order chi connectivity index (χ1) is 11.9. The van der Waals surface area contributed by atoms with Gasteiger partial charge in [-0.15, -0.1) is 0 Å². The third kappa shape index (κ3) is 4.45. The summed E-state index contributed by atoms with van der Waals surface area (Å²) < 4.78 is 16.1. The van der Waals surface area contributed by atoms with Gasteiger partial charge in [-0.25, -0.2) is 4.39 Å². The molecule has 0 fully saturated rings. The first kappa shape index (κ1) is 19.1. The highest BCUT2D eigenvalue weighted by Gasteiger charge is 2.19. The van der Waals surface area contributed by atoms with Gasteiger partial charge in [0, 0.05) is 12.2 Å². The van der Waals surface area contributed by atoms with Crippen molar-refractivity contribution < 1.29 is 9.18 Å². The fraction of sp³-hybridized carbons (Fsp3) is 0.474. The van der Waals surface area contributed by atoms with Gasteiger partial charge in [-0.2, -0.15) is 5.10 Å². The number of nitrogens with one attached hydrogen (secondary N) is 1. The highest BCUT2D eigenvalue weighted by molar-refractivity contribution is 6.04. The van der Waals surface area contributed by atoms with Crippen molar-refractivity contribution in [3.8, 4) is 0 Å². The molecule has 0 aliphatic heterocycles. The molecule has 136 valence electrons. The van der Waals surface area contributed by atoms with Gasteiger partial charge in [-0.05, 0) is 51.6 Å². The maximum Gasteiger partial charge on any atom is 0.259 e. The largest absolute Gasteiger partial charge is 0.319 e. The van der Waals surface area contributed by atoms with Crippen molar-refractivity contribution in [2.45, 2.75) is 46.2 Å². The highest BCUT2D eigenvalue weighted by atomic mass is 19.1. The van der Waals surface area contributed by atoms with E-state index in [4.69, 9.17) is 0 Å². The van der Waals surface area contributed by atoms with Crippen molar-refractivity contribution in [3.05, 3.63) is 47.0 Å². The predicted molar refractivity (Wildman–Crippen MR) is 98.3 cm³/mol. The summed E-state index contributed by atoms with van der Waals surface area (Å²) in [7, 11) is 3.85. The van der Waals surface area contributed by atoms with Gasteiger partial charge in [0.1, 0.15) is 5.82 Å². The standard InChI is InChI=1S/C19H27FN4O/c1-6-15(7-2)24-13(3)16(11-21-24)19(25)22-18-9-8-14(10-17(18)20)12-23(4)5/h8-11,15H,6-7,12H2,1-5H3,(H,22,25). The van der Waals surface area contributed by atoms with Crippen LogP contribution in [-0.2, 0) is 6.54 Å². The van der Waals surface area contributed by atoms with Crippen LogP contribution < -0.4 is 5.32 Å². The zero-order valence-corrected chi connectivity index (χ0v) is 15.6. The molecule has 6 heteroatoms. The molecule has 0 saturated heterocycles. The van der Waals surface area contributed by atoms with Gasteiger partial charge in [-0.1, -0.05) is 19.9 Å². The number of nitrogens with zero attached hydrogens (tertiary/aromatic N) is 3. The van der Waals surface area contributed by atoms with E-state index in [9.17, 15) is 9.18 Å². The molecule has 5 nitrogen and oxygen atoms in total. The van der Waals surface area contributed by atoms with E-state index in [1.165, 1.54) is 6.07 Å². The van der Waals surface area contributed by atoms with Gasteiger partial charge in [0.2, 0.25) is 0 Å². The zero-order chi connectivity index (χ0) is 18.6. The van der Waals surface area contributed by atoms with E-state index >= 15 is 0 Å². The molecule has 1 aromatic carbocycles. The maximum atomic E-state index is 14.3. The minimum atomic E-state index is -0.433. The van der Waals surface area contributed by atoms with Gasteiger partial charge in [0.05, 0.1) is 23.5 Å². The molecule has 0 aliphatic carbocycles. The van der Waals surface area contributed by atoms with Crippen LogP contribution in [0.3, 0.4) is 0 Å². The molecule has 0 atom stereocenters. The van der Waals surface area contributed by atoms with Crippen molar-refractivity contribution in [2.75, 3.05) is 19.4 Å².